The Balaban J connectivity index is 2.38. The Morgan fingerprint density at radius 3 is 2.58 bits per heavy atom. The SMILES string of the molecule is COC1CCN(S(=O)(=O)c2cc(Br)c(C)cc2Br)C1. The molecule has 0 bridgehead atoms. The van der Waals surface area contributed by atoms with Crippen molar-refractivity contribution in [2.24, 2.45) is 0 Å². The zero-order valence-corrected chi connectivity index (χ0v) is 14.7. The minimum atomic E-state index is -3.48. The summed E-state index contributed by atoms with van der Waals surface area (Å²) in [7, 11) is -1.86. The Morgan fingerprint density at radius 1 is 1.32 bits per heavy atom. The molecule has 1 aliphatic heterocycles. The number of benzene rings is 1. The van der Waals surface area contributed by atoms with Gasteiger partial charge < -0.3 is 4.74 Å². The van der Waals surface area contributed by atoms with Gasteiger partial charge in [0.25, 0.3) is 0 Å². The van der Waals surface area contributed by atoms with E-state index in [2.05, 4.69) is 31.9 Å². The first-order valence-electron chi connectivity index (χ1n) is 5.85. The third-order valence-electron chi connectivity index (χ3n) is 3.27. The van der Waals surface area contributed by atoms with Gasteiger partial charge in [-0.2, -0.15) is 4.31 Å². The zero-order chi connectivity index (χ0) is 14.2. The number of nitrogens with zero attached hydrogens (tertiary/aromatic N) is 1. The molecule has 0 N–H and O–H groups in total. The van der Waals surface area contributed by atoms with Crippen LogP contribution in [0, 0.1) is 6.92 Å². The fraction of sp³-hybridized carbons (Fsp3) is 0.500. The highest BCUT2D eigenvalue weighted by molar-refractivity contribution is 9.11. The average Bonchev–Trinajstić information content (AvgIpc) is 2.83. The molecular formula is C12H15Br2NO3S. The molecule has 0 aromatic heterocycles. The number of ether oxygens (including phenoxy) is 1. The van der Waals surface area contributed by atoms with Gasteiger partial charge in [-0.25, -0.2) is 8.42 Å². The first kappa shape index (κ1) is 15.4. The quantitative estimate of drug-likeness (QED) is 0.766. The van der Waals surface area contributed by atoms with Crippen molar-refractivity contribution in [2.45, 2.75) is 24.3 Å². The first-order valence-corrected chi connectivity index (χ1v) is 8.87. The molecule has 1 atom stereocenters. The molecule has 0 spiro atoms. The molecule has 0 saturated carbocycles. The highest BCUT2D eigenvalue weighted by Crippen LogP contribution is 2.32. The van der Waals surface area contributed by atoms with E-state index < -0.39 is 10.0 Å². The van der Waals surface area contributed by atoms with E-state index in [4.69, 9.17) is 4.74 Å². The van der Waals surface area contributed by atoms with Gasteiger partial charge in [-0.3, -0.25) is 0 Å². The molecule has 1 aromatic rings. The smallest absolute Gasteiger partial charge is 0.244 e. The lowest BCUT2D eigenvalue weighted by Crippen LogP contribution is -2.30. The van der Waals surface area contributed by atoms with E-state index in [1.807, 2.05) is 6.92 Å². The maximum absolute atomic E-state index is 12.6. The van der Waals surface area contributed by atoms with Crippen molar-refractivity contribution < 1.29 is 13.2 Å². The number of rotatable bonds is 3. The average molecular weight is 413 g/mol. The third kappa shape index (κ3) is 3.05. The van der Waals surface area contributed by atoms with Crippen LogP contribution in [0.5, 0.6) is 0 Å². The summed E-state index contributed by atoms with van der Waals surface area (Å²) in [4.78, 5) is 0.293. The van der Waals surface area contributed by atoms with E-state index in [1.54, 1.807) is 19.2 Å². The number of hydrogen-bond acceptors (Lipinski definition) is 3. The number of aryl methyl sites for hydroxylation is 1. The Kier molecular flexibility index (Phi) is 4.72. The van der Waals surface area contributed by atoms with Crippen molar-refractivity contribution in [2.75, 3.05) is 20.2 Å². The van der Waals surface area contributed by atoms with Crippen LogP contribution in [-0.4, -0.2) is 39.0 Å². The van der Waals surface area contributed by atoms with E-state index in [0.29, 0.717) is 22.5 Å². The summed E-state index contributed by atoms with van der Waals surface area (Å²) in [5.41, 5.74) is 0.988. The molecule has 1 aliphatic rings. The van der Waals surface area contributed by atoms with Crippen LogP contribution in [0.15, 0.2) is 26.0 Å². The van der Waals surface area contributed by atoms with Crippen molar-refractivity contribution in [1.29, 1.82) is 0 Å². The second-order valence-corrected chi connectivity index (χ2v) is 8.16. The lowest BCUT2D eigenvalue weighted by molar-refractivity contribution is 0.115. The van der Waals surface area contributed by atoms with E-state index in [9.17, 15) is 8.42 Å². The minimum Gasteiger partial charge on any atom is -0.380 e. The molecule has 1 unspecified atom stereocenters. The van der Waals surface area contributed by atoms with Gasteiger partial charge in [-0.1, -0.05) is 15.9 Å². The molecular weight excluding hydrogens is 398 g/mol. The number of halogens is 2. The topological polar surface area (TPSA) is 46.6 Å². The predicted octanol–water partition coefficient (Wildman–Crippen LogP) is 2.93. The molecule has 0 aliphatic carbocycles. The monoisotopic (exact) mass is 411 g/mol. The van der Waals surface area contributed by atoms with Crippen LogP contribution in [0.3, 0.4) is 0 Å². The van der Waals surface area contributed by atoms with E-state index in [1.165, 1.54) is 4.31 Å². The first-order chi connectivity index (χ1) is 8.86. The van der Waals surface area contributed by atoms with Crippen molar-refractivity contribution in [3.05, 3.63) is 26.6 Å². The van der Waals surface area contributed by atoms with Crippen molar-refractivity contribution in [1.82, 2.24) is 4.31 Å². The fourth-order valence-corrected chi connectivity index (χ4v) is 5.20. The highest BCUT2D eigenvalue weighted by Gasteiger charge is 2.33. The number of sulfonamides is 1. The molecule has 1 aromatic carbocycles. The molecule has 0 radical (unpaired) electrons. The molecule has 4 nitrogen and oxygen atoms in total. The van der Waals surface area contributed by atoms with E-state index in [0.717, 1.165) is 16.5 Å². The van der Waals surface area contributed by atoms with Crippen LogP contribution in [0.1, 0.15) is 12.0 Å². The van der Waals surface area contributed by atoms with Crippen molar-refractivity contribution >= 4 is 41.9 Å². The Labute approximate surface area is 130 Å². The summed E-state index contributed by atoms with van der Waals surface area (Å²) in [5, 5.41) is 0. The molecule has 1 saturated heterocycles. The maximum Gasteiger partial charge on any atom is 0.244 e. The van der Waals surface area contributed by atoms with Crippen LogP contribution in [0.2, 0.25) is 0 Å². The molecule has 2 rings (SSSR count). The summed E-state index contributed by atoms with van der Waals surface area (Å²) in [5.74, 6) is 0. The number of methoxy groups -OCH3 is 1. The van der Waals surface area contributed by atoms with Gasteiger partial charge in [0.2, 0.25) is 10.0 Å². The zero-order valence-electron chi connectivity index (χ0n) is 10.7. The van der Waals surface area contributed by atoms with Crippen molar-refractivity contribution in [3.8, 4) is 0 Å². The molecule has 1 fully saturated rings. The van der Waals surface area contributed by atoms with Gasteiger partial charge in [0.15, 0.2) is 0 Å². The summed E-state index contributed by atoms with van der Waals surface area (Å²) < 4.78 is 33.3. The standard InChI is InChI=1S/C12H15Br2NO3S/c1-8-5-11(14)12(6-10(8)13)19(16,17)15-4-3-9(7-15)18-2/h5-6,9H,3-4,7H2,1-2H3. The fourth-order valence-electron chi connectivity index (χ4n) is 2.07. The third-order valence-corrected chi connectivity index (χ3v) is 6.95. The van der Waals surface area contributed by atoms with Gasteiger partial charge in [0.05, 0.1) is 11.0 Å². The summed E-state index contributed by atoms with van der Waals surface area (Å²) in [6, 6.07) is 3.45. The van der Waals surface area contributed by atoms with Crippen LogP contribution < -0.4 is 0 Å². The van der Waals surface area contributed by atoms with Crippen molar-refractivity contribution in [3.63, 3.8) is 0 Å². The van der Waals surface area contributed by atoms with E-state index in [-0.39, 0.29) is 6.10 Å². The normalized spacial score (nSPS) is 20.9. The minimum absolute atomic E-state index is 0.0116. The highest BCUT2D eigenvalue weighted by atomic mass is 79.9. The molecule has 0 amide bonds. The van der Waals surface area contributed by atoms with Gasteiger partial charge in [0.1, 0.15) is 0 Å². The van der Waals surface area contributed by atoms with Gasteiger partial charge in [-0.05, 0) is 47.0 Å². The van der Waals surface area contributed by atoms with E-state index >= 15 is 0 Å². The van der Waals surface area contributed by atoms with Crippen LogP contribution in [-0.2, 0) is 14.8 Å². The molecule has 1 heterocycles. The Hall–Kier alpha value is 0.0500. The summed E-state index contributed by atoms with van der Waals surface area (Å²) in [6.45, 7) is 2.83. The largest absolute Gasteiger partial charge is 0.380 e. The van der Waals surface area contributed by atoms with Gasteiger partial charge in [0, 0.05) is 29.1 Å². The maximum atomic E-state index is 12.6. The molecule has 7 heteroatoms. The van der Waals surface area contributed by atoms with Crippen LogP contribution in [0.25, 0.3) is 0 Å². The second kappa shape index (κ2) is 5.81. The van der Waals surface area contributed by atoms with Crippen LogP contribution in [0.4, 0.5) is 0 Å². The summed E-state index contributed by atoms with van der Waals surface area (Å²) in [6.07, 6.45) is 0.725. The Morgan fingerprint density at radius 2 is 2.00 bits per heavy atom. The summed E-state index contributed by atoms with van der Waals surface area (Å²) >= 11 is 6.72. The number of hydrogen-bond donors (Lipinski definition) is 0. The molecule has 19 heavy (non-hydrogen) atoms. The van der Waals surface area contributed by atoms with Gasteiger partial charge in [-0.15, -0.1) is 0 Å². The molecule has 106 valence electrons. The van der Waals surface area contributed by atoms with Gasteiger partial charge >= 0.3 is 0 Å². The predicted molar refractivity (Wildman–Crippen MR) is 80.8 cm³/mol. The lowest BCUT2D eigenvalue weighted by Gasteiger charge is -2.18. The van der Waals surface area contributed by atoms with Crippen LogP contribution >= 0.6 is 31.9 Å². The lowest BCUT2D eigenvalue weighted by atomic mass is 10.2. The second-order valence-electron chi connectivity index (χ2n) is 4.54. The Bertz CT molecular complexity index is 589.